The minimum atomic E-state index is -4.44. The summed E-state index contributed by atoms with van der Waals surface area (Å²) in [6.45, 7) is 0. The fourth-order valence-electron chi connectivity index (χ4n) is 2.23. The fraction of sp³-hybridized carbons (Fsp3) is 0.111. The maximum atomic E-state index is 12.8. The van der Waals surface area contributed by atoms with Gasteiger partial charge in [-0.15, -0.1) is 0 Å². The Morgan fingerprint density at radius 2 is 1.92 bits per heavy atom. The molecule has 1 aliphatic heterocycles. The van der Waals surface area contributed by atoms with Crippen molar-refractivity contribution < 1.29 is 22.7 Å². The third kappa shape index (κ3) is 4.26. The molecule has 0 unspecified atom stereocenters. The van der Waals surface area contributed by atoms with Gasteiger partial charge in [-0.05, 0) is 53.7 Å². The van der Waals surface area contributed by atoms with Gasteiger partial charge in [0.25, 0.3) is 5.91 Å². The second kappa shape index (κ2) is 7.25. The van der Waals surface area contributed by atoms with Crippen LogP contribution in [0.4, 0.5) is 18.9 Å². The molecular weight excluding hydrogens is 365 g/mol. The summed E-state index contributed by atoms with van der Waals surface area (Å²) < 4.78 is 43.4. The average molecular weight is 378 g/mol. The quantitative estimate of drug-likeness (QED) is 0.794. The Hall–Kier alpha value is -2.74. The monoisotopic (exact) mass is 378 g/mol. The Bertz CT molecular complexity index is 907. The van der Waals surface area contributed by atoms with Crippen LogP contribution in [-0.2, 0) is 11.0 Å². The highest BCUT2D eigenvalue weighted by molar-refractivity contribution is 8.18. The normalized spacial score (nSPS) is 17.6. The highest BCUT2D eigenvalue weighted by atomic mass is 32.2. The highest BCUT2D eigenvalue weighted by Crippen LogP contribution is 2.33. The van der Waals surface area contributed by atoms with Gasteiger partial charge in [0, 0.05) is 0 Å². The van der Waals surface area contributed by atoms with Crippen molar-refractivity contribution in [3.63, 3.8) is 0 Å². The van der Waals surface area contributed by atoms with Crippen LogP contribution in [0.3, 0.4) is 0 Å². The van der Waals surface area contributed by atoms with E-state index >= 15 is 0 Å². The van der Waals surface area contributed by atoms with E-state index in [4.69, 9.17) is 4.74 Å². The molecule has 1 saturated heterocycles. The van der Waals surface area contributed by atoms with Gasteiger partial charge in [-0.1, -0.05) is 18.2 Å². The molecule has 1 heterocycles. The second-order valence-electron chi connectivity index (χ2n) is 5.31. The Labute approximate surface area is 151 Å². The van der Waals surface area contributed by atoms with Crippen LogP contribution in [0.25, 0.3) is 6.08 Å². The van der Waals surface area contributed by atoms with E-state index in [2.05, 4.69) is 10.3 Å². The maximum Gasteiger partial charge on any atom is 0.416 e. The first-order valence-corrected chi connectivity index (χ1v) is 8.28. The highest BCUT2D eigenvalue weighted by Gasteiger charge is 2.30. The van der Waals surface area contributed by atoms with Crippen LogP contribution in [0.1, 0.15) is 11.1 Å². The van der Waals surface area contributed by atoms with Crippen molar-refractivity contribution in [1.82, 2.24) is 5.32 Å². The molecule has 134 valence electrons. The Morgan fingerprint density at radius 3 is 2.65 bits per heavy atom. The number of amides is 1. The van der Waals surface area contributed by atoms with Crippen molar-refractivity contribution in [3.8, 4) is 5.75 Å². The van der Waals surface area contributed by atoms with E-state index in [1.54, 1.807) is 31.4 Å². The van der Waals surface area contributed by atoms with E-state index in [9.17, 15) is 18.0 Å². The van der Waals surface area contributed by atoms with E-state index in [-0.39, 0.29) is 16.8 Å². The minimum absolute atomic E-state index is 0.116. The van der Waals surface area contributed by atoms with Crippen LogP contribution in [0, 0.1) is 0 Å². The third-order valence-corrected chi connectivity index (χ3v) is 4.36. The van der Waals surface area contributed by atoms with Crippen molar-refractivity contribution in [2.24, 2.45) is 4.99 Å². The molecule has 0 aromatic heterocycles. The largest absolute Gasteiger partial charge is 0.497 e. The lowest BCUT2D eigenvalue weighted by Gasteiger charge is -2.06. The lowest BCUT2D eigenvalue weighted by Crippen LogP contribution is -2.19. The standard InChI is InChI=1S/C18H13F3N2O2S/c1-25-14-7-2-4-11(8-14)9-15-16(24)23-17(26-15)22-13-6-3-5-12(10-13)18(19,20)21/h2-10H,1H3,(H,22,23,24)/b15-9-. The predicted molar refractivity (Wildman–Crippen MR) is 95.2 cm³/mol. The van der Waals surface area contributed by atoms with Gasteiger partial charge < -0.3 is 10.1 Å². The molecule has 0 radical (unpaired) electrons. The SMILES string of the molecule is COc1cccc(/C=C2\SC(=Nc3cccc(C(F)(F)F)c3)NC2=O)c1. The lowest BCUT2D eigenvalue weighted by atomic mass is 10.2. The molecule has 26 heavy (non-hydrogen) atoms. The van der Waals surface area contributed by atoms with Gasteiger partial charge in [0.2, 0.25) is 0 Å². The fourth-order valence-corrected chi connectivity index (χ4v) is 3.07. The first-order valence-electron chi connectivity index (χ1n) is 7.46. The van der Waals surface area contributed by atoms with Crippen LogP contribution in [-0.4, -0.2) is 18.2 Å². The molecule has 0 saturated carbocycles. The molecule has 1 fully saturated rings. The number of rotatable bonds is 3. The summed E-state index contributed by atoms with van der Waals surface area (Å²) in [5.41, 5.74) is 0.0911. The molecule has 2 aromatic carbocycles. The number of amidine groups is 1. The van der Waals surface area contributed by atoms with Crippen LogP contribution in [0.5, 0.6) is 5.75 Å². The van der Waals surface area contributed by atoms with E-state index < -0.39 is 11.7 Å². The van der Waals surface area contributed by atoms with Crippen LogP contribution < -0.4 is 10.1 Å². The zero-order valence-corrected chi connectivity index (χ0v) is 14.3. The smallest absolute Gasteiger partial charge is 0.416 e. The van der Waals surface area contributed by atoms with Gasteiger partial charge in [0.05, 0.1) is 23.3 Å². The first kappa shape index (κ1) is 18.1. The number of nitrogens with one attached hydrogen (secondary N) is 1. The first-order chi connectivity index (χ1) is 12.3. The van der Waals surface area contributed by atoms with Crippen LogP contribution in [0.15, 0.2) is 58.4 Å². The maximum absolute atomic E-state index is 12.8. The summed E-state index contributed by atoms with van der Waals surface area (Å²) in [4.78, 5) is 16.6. The van der Waals surface area contributed by atoms with Crippen LogP contribution >= 0.6 is 11.8 Å². The van der Waals surface area contributed by atoms with Gasteiger partial charge in [0.15, 0.2) is 5.17 Å². The number of methoxy groups -OCH3 is 1. The summed E-state index contributed by atoms with van der Waals surface area (Å²) in [6.07, 6.45) is -2.78. The topological polar surface area (TPSA) is 50.7 Å². The van der Waals surface area contributed by atoms with Gasteiger partial charge in [-0.3, -0.25) is 4.79 Å². The molecule has 1 aliphatic rings. The summed E-state index contributed by atoms with van der Waals surface area (Å²) in [5, 5.41) is 2.78. The zero-order chi connectivity index (χ0) is 18.7. The lowest BCUT2D eigenvalue weighted by molar-refractivity contribution is -0.137. The molecule has 0 spiro atoms. The van der Waals surface area contributed by atoms with Crippen molar-refractivity contribution >= 4 is 34.6 Å². The molecular formula is C18H13F3N2O2S. The molecule has 1 N–H and O–H groups in total. The third-order valence-electron chi connectivity index (χ3n) is 3.45. The number of ether oxygens (including phenoxy) is 1. The number of hydrogen-bond acceptors (Lipinski definition) is 4. The van der Waals surface area contributed by atoms with Gasteiger partial charge in [-0.25, -0.2) is 4.99 Å². The Morgan fingerprint density at radius 1 is 1.15 bits per heavy atom. The summed E-state index contributed by atoms with van der Waals surface area (Å²) in [6, 6.07) is 11.8. The second-order valence-corrected chi connectivity index (χ2v) is 6.34. The van der Waals surface area contributed by atoms with Crippen LogP contribution in [0.2, 0.25) is 0 Å². The van der Waals surface area contributed by atoms with Crippen molar-refractivity contribution in [3.05, 3.63) is 64.6 Å². The van der Waals surface area contributed by atoms with Gasteiger partial charge in [0.1, 0.15) is 5.75 Å². The number of nitrogens with zero attached hydrogens (tertiary/aromatic N) is 1. The number of carbonyl (C=O) groups excluding carboxylic acids is 1. The molecule has 4 nitrogen and oxygen atoms in total. The molecule has 0 bridgehead atoms. The summed E-state index contributed by atoms with van der Waals surface area (Å²) >= 11 is 1.06. The predicted octanol–water partition coefficient (Wildman–Crippen LogP) is 4.61. The molecule has 0 atom stereocenters. The molecule has 8 heteroatoms. The Balaban J connectivity index is 1.83. The van der Waals surface area contributed by atoms with Crippen molar-refractivity contribution in [2.75, 3.05) is 7.11 Å². The molecule has 0 aliphatic carbocycles. The van der Waals surface area contributed by atoms with Gasteiger partial charge >= 0.3 is 6.18 Å². The zero-order valence-electron chi connectivity index (χ0n) is 13.5. The minimum Gasteiger partial charge on any atom is -0.497 e. The number of benzene rings is 2. The number of carbonyl (C=O) groups is 1. The van der Waals surface area contributed by atoms with E-state index in [0.717, 1.165) is 29.5 Å². The van der Waals surface area contributed by atoms with E-state index in [1.807, 2.05) is 6.07 Å². The molecule has 3 rings (SSSR count). The van der Waals surface area contributed by atoms with Gasteiger partial charge in [-0.2, -0.15) is 13.2 Å². The number of thioether (sulfide) groups is 1. The number of alkyl halides is 3. The summed E-state index contributed by atoms with van der Waals surface area (Å²) in [7, 11) is 1.54. The molecule has 2 aromatic rings. The van der Waals surface area contributed by atoms with E-state index in [1.165, 1.54) is 12.1 Å². The molecule has 1 amide bonds. The van der Waals surface area contributed by atoms with Crippen molar-refractivity contribution in [2.45, 2.75) is 6.18 Å². The Kier molecular flexibility index (Phi) is 5.03. The van der Waals surface area contributed by atoms with E-state index in [0.29, 0.717) is 10.7 Å². The average Bonchev–Trinajstić information content (AvgIpc) is 2.93. The number of aliphatic imine (C=N–C) groups is 1. The van der Waals surface area contributed by atoms with Crippen molar-refractivity contribution in [1.29, 1.82) is 0 Å². The number of halogens is 3. The number of hydrogen-bond donors (Lipinski definition) is 1. The summed E-state index contributed by atoms with van der Waals surface area (Å²) in [5.74, 6) is 0.296.